The number of nitrogens with one attached hydrogen (secondary N) is 2. The molecule has 2 aliphatic rings. The van der Waals surface area contributed by atoms with Gasteiger partial charge in [0.15, 0.2) is 0 Å². The minimum Gasteiger partial charge on any atom is -0.313 e. The second-order valence-corrected chi connectivity index (χ2v) is 6.23. The average molecular weight is 334 g/mol. The number of amides is 3. The van der Waals surface area contributed by atoms with Gasteiger partial charge >= 0.3 is 16.4 Å². The molecule has 0 saturated carbocycles. The number of piperidine rings is 1. The largest absolute Gasteiger partial charge is 0.418 e. The van der Waals surface area contributed by atoms with Crippen molar-refractivity contribution in [2.24, 2.45) is 0 Å². The molecule has 10 nitrogen and oxygen atoms in total. The molecule has 124 valence electrons. The molecule has 22 heavy (non-hydrogen) atoms. The van der Waals surface area contributed by atoms with E-state index in [-0.39, 0.29) is 24.7 Å². The third-order valence-corrected chi connectivity index (χ3v) is 3.93. The summed E-state index contributed by atoms with van der Waals surface area (Å²) in [6, 6.07) is -1.90. The first kappa shape index (κ1) is 16.6. The number of amidine groups is 1. The SMILES string of the molecule is CCCC(=O)NC(=N)[C@@H]1CC[C@@H]2CN1C(=O)N2OS(=O)(=O)O. The van der Waals surface area contributed by atoms with E-state index in [1.54, 1.807) is 0 Å². The van der Waals surface area contributed by atoms with Crippen molar-refractivity contribution >= 4 is 28.2 Å². The molecule has 2 rings (SSSR count). The topological polar surface area (TPSA) is 140 Å². The summed E-state index contributed by atoms with van der Waals surface area (Å²) < 4.78 is 34.5. The van der Waals surface area contributed by atoms with Gasteiger partial charge in [0.1, 0.15) is 5.84 Å². The Morgan fingerprint density at radius 3 is 2.77 bits per heavy atom. The molecule has 0 aromatic rings. The van der Waals surface area contributed by atoms with Crippen LogP contribution in [0, 0.1) is 5.41 Å². The number of rotatable bonds is 5. The molecule has 0 spiro atoms. The molecule has 3 N–H and O–H groups in total. The molecule has 2 fully saturated rings. The van der Waals surface area contributed by atoms with Crippen LogP contribution in [-0.2, 0) is 19.5 Å². The Morgan fingerprint density at radius 2 is 2.18 bits per heavy atom. The third kappa shape index (κ3) is 3.54. The second-order valence-electron chi connectivity index (χ2n) is 5.22. The van der Waals surface area contributed by atoms with Gasteiger partial charge in [-0.1, -0.05) is 6.92 Å². The lowest BCUT2D eigenvalue weighted by atomic mass is 10.00. The maximum absolute atomic E-state index is 12.1. The Balaban J connectivity index is 2.06. The highest BCUT2D eigenvalue weighted by Crippen LogP contribution is 2.30. The van der Waals surface area contributed by atoms with Crippen molar-refractivity contribution in [3.05, 3.63) is 0 Å². The van der Waals surface area contributed by atoms with Gasteiger partial charge in [-0.2, -0.15) is 13.5 Å². The summed E-state index contributed by atoms with van der Waals surface area (Å²) in [7, 11) is -4.79. The molecule has 3 amide bonds. The molecule has 0 aromatic heterocycles. The monoisotopic (exact) mass is 334 g/mol. The number of hydrogen-bond donors (Lipinski definition) is 3. The summed E-state index contributed by atoms with van der Waals surface area (Å²) in [5.74, 6) is -0.397. The smallest absolute Gasteiger partial charge is 0.313 e. The molecule has 0 aromatic carbocycles. The zero-order chi connectivity index (χ0) is 16.5. The van der Waals surface area contributed by atoms with Gasteiger partial charge in [-0.05, 0) is 19.3 Å². The van der Waals surface area contributed by atoms with Crippen LogP contribution in [0.2, 0.25) is 0 Å². The van der Waals surface area contributed by atoms with Gasteiger partial charge in [0.25, 0.3) is 0 Å². The Bertz CT molecular complexity index is 591. The number of carbonyl (C=O) groups is 2. The number of hydrogen-bond acceptors (Lipinski definition) is 6. The van der Waals surface area contributed by atoms with Crippen molar-refractivity contribution < 1.29 is 26.8 Å². The van der Waals surface area contributed by atoms with Gasteiger partial charge in [-0.15, -0.1) is 4.28 Å². The number of nitrogens with zero attached hydrogens (tertiary/aromatic N) is 2. The molecule has 0 unspecified atom stereocenters. The predicted octanol–water partition coefficient (Wildman–Crippen LogP) is -0.117. The van der Waals surface area contributed by atoms with Gasteiger partial charge in [0.05, 0.1) is 12.1 Å². The van der Waals surface area contributed by atoms with Crippen molar-refractivity contribution in [2.45, 2.75) is 44.7 Å². The lowest BCUT2D eigenvalue weighted by Gasteiger charge is -2.30. The van der Waals surface area contributed by atoms with Crippen LogP contribution in [0.25, 0.3) is 0 Å². The minimum atomic E-state index is -4.79. The minimum absolute atomic E-state index is 0.0982. The van der Waals surface area contributed by atoms with Crippen molar-refractivity contribution in [3.63, 3.8) is 0 Å². The standard InChI is InChI=1S/C11H18N4O6S/c1-2-3-9(16)13-10(12)8-5-4-7-6-14(8)11(17)15(7)21-22(18,19)20/h7-8H,2-6H2,1H3,(H2,12,13,16)(H,18,19,20)/t7-,8+/m1/s1. The van der Waals surface area contributed by atoms with E-state index in [2.05, 4.69) is 9.60 Å². The summed E-state index contributed by atoms with van der Waals surface area (Å²) in [6.07, 6.45) is 1.72. The quantitative estimate of drug-likeness (QED) is 0.364. The maximum atomic E-state index is 12.1. The second kappa shape index (κ2) is 6.18. The fourth-order valence-corrected chi connectivity index (χ4v) is 3.04. The number of hydroxylamine groups is 2. The molecule has 0 radical (unpaired) electrons. The highest BCUT2D eigenvalue weighted by Gasteiger charge is 2.48. The van der Waals surface area contributed by atoms with Crippen LogP contribution in [0.4, 0.5) is 4.79 Å². The summed E-state index contributed by atoms with van der Waals surface area (Å²) >= 11 is 0. The lowest BCUT2D eigenvalue weighted by molar-refractivity contribution is -0.119. The summed E-state index contributed by atoms with van der Waals surface area (Å²) in [4.78, 5) is 24.9. The van der Waals surface area contributed by atoms with E-state index in [1.165, 1.54) is 4.90 Å². The highest BCUT2D eigenvalue weighted by molar-refractivity contribution is 7.80. The molecule has 2 aliphatic heterocycles. The van der Waals surface area contributed by atoms with Crippen LogP contribution < -0.4 is 5.32 Å². The maximum Gasteiger partial charge on any atom is 0.418 e. The van der Waals surface area contributed by atoms with E-state index in [4.69, 9.17) is 9.96 Å². The van der Waals surface area contributed by atoms with Crippen LogP contribution >= 0.6 is 0 Å². The Morgan fingerprint density at radius 1 is 1.50 bits per heavy atom. The number of carbonyl (C=O) groups excluding carboxylic acids is 2. The van der Waals surface area contributed by atoms with Crippen molar-refractivity contribution in [3.8, 4) is 0 Å². The summed E-state index contributed by atoms with van der Waals surface area (Å²) in [5, 5.41) is 11.0. The van der Waals surface area contributed by atoms with E-state index >= 15 is 0 Å². The fourth-order valence-electron chi connectivity index (χ4n) is 2.65. The molecule has 2 atom stereocenters. The van der Waals surface area contributed by atoms with Crippen LogP contribution in [-0.4, -0.2) is 59.3 Å². The number of urea groups is 1. The zero-order valence-electron chi connectivity index (χ0n) is 12.0. The first-order valence-electron chi connectivity index (χ1n) is 6.88. The van der Waals surface area contributed by atoms with Crippen LogP contribution in [0.3, 0.4) is 0 Å². The first-order chi connectivity index (χ1) is 10.2. The molecular formula is C11H18N4O6S. The van der Waals surface area contributed by atoms with Gasteiger partial charge in [0.2, 0.25) is 5.91 Å². The number of fused-ring (bicyclic) bond motifs is 2. The van der Waals surface area contributed by atoms with E-state index in [9.17, 15) is 18.0 Å². The molecule has 0 aliphatic carbocycles. The van der Waals surface area contributed by atoms with Crippen molar-refractivity contribution in [2.75, 3.05) is 6.54 Å². The summed E-state index contributed by atoms with van der Waals surface area (Å²) in [6.45, 7) is 2.01. The molecule has 11 heteroatoms. The molecular weight excluding hydrogens is 316 g/mol. The van der Waals surface area contributed by atoms with Crippen LogP contribution in [0.15, 0.2) is 0 Å². The lowest BCUT2D eigenvalue weighted by Crippen LogP contribution is -2.50. The van der Waals surface area contributed by atoms with Crippen LogP contribution in [0.1, 0.15) is 32.6 Å². The first-order valence-corrected chi connectivity index (χ1v) is 8.24. The Hall–Kier alpha value is -1.72. The van der Waals surface area contributed by atoms with Gasteiger partial charge in [0, 0.05) is 13.0 Å². The van der Waals surface area contributed by atoms with Crippen molar-refractivity contribution in [1.29, 1.82) is 5.41 Å². The zero-order valence-corrected chi connectivity index (χ0v) is 12.8. The fraction of sp³-hybridized carbons (Fsp3) is 0.727. The van der Waals surface area contributed by atoms with Gasteiger partial charge in [-0.3, -0.25) is 14.8 Å². The van der Waals surface area contributed by atoms with Crippen LogP contribution in [0.5, 0.6) is 0 Å². The normalized spacial score (nSPS) is 24.5. The highest BCUT2D eigenvalue weighted by atomic mass is 32.3. The Kier molecular flexibility index (Phi) is 4.68. The van der Waals surface area contributed by atoms with E-state index in [1.807, 2.05) is 6.92 Å². The van der Waals surface area contributed by atoms with Crippen molar-refractivity contribution in [1.82, 2.24) is 15.3 Å². The van der Waals surface area contributed by atoms with E-state index < -0.39 is 28.5 Å². The summed E-state index contributed by atoms with van der Waals surface area (Å²) in [5.41, 5.74) is 0. The van der Waals surface area contributed by atoms with Gasteiger partial charge < -0.3 is 10.2 Å². The molecule has 2 saturated heterocycles. The Labute approximate surface area is 127 Å². The van der Waals surface area contributed by atoms with Gasteiger partial charge in [-0.25, -0.2) is 4.79 Å². The molecule has 2 bridgehead atoms. The van der Waals surface area contributed by atoms with E-state index in [0.29, 0.717) is 24.3 Å². The molecule has 2 heterocycles. The third-order valence-electron chi connectivity index (χ3n) is 3.58. The van der Waals surface area contributed by atoms with E-state index in [0.717, 1.165) is 0 Å². The predicted molar refractivity (Wildman–Crippen MR) is 74.2 cm³/mol. The average Bonchev–Trinajstić information content (AvgIpc) is 2.63.